The highest BCUT2D eigenvalue weighted by Crippen LogP contribution is 2.28. The minimum atomic E-state index is -2.24. The summed E-state index contributed by atoms with van der Waals surface area (Å²) in [7, 11) is -2.24. The first-order valence-electron chi connectivity index (χ1n) is 10.0. The van der Waals surface area contributed by atoms with E-state index in [9.17, 15) is 14.1 Å². The molecule has 0 spiro atoms. The second kappa shape index (κ2) is 11.2. The van der Waals surface area contributed by atoms with E-state index in [0.717, 1.165) is 11.1 Å². The van der Waals surface area contributed by atoms with Gasteiger partial charge in [-0.1, -0.05) is 30.3 Å². The molecule has 1 aromatic heterocycles. The zero-order valence-corrected chi connectivity index (χ0v) is 18.6. The average molecular weight is 456 g/mol. The van der Waals surface area contributed by atoms with Crippen LogP contribution in [0.2, 0.25) is 0 Å². The first-order chi connectivity index (χ1) is 15.5. The molecule has 0 saturated carbocycles. The van der Waals surface area contributed by atoms with Crippen molar-refractivity contribution in [1.29, 1.82) is 0 Å². The maximum absolute atomic E-state index is 12.2. The number of thiol groups is 1. The van der Waals surface area contributed by atoms with Crippen LogP contribution in [0.5, 0.6) is 0 Å². The van der Waals surface area contributed by atoms with Gasteiger partial charge < -0.3 is 20.5 Å². The van der Waals surface area contributed by atoms with Crippen LogP contribution in [0, 0.1) is 0 Å². The Morgan fingerprint density at radius 2 is 1.91 bits per heavy atom. The molecule has 2 atom stereocenters. The topological polar surface area (TPSA) is 126 Å². The van der Waals surface area contributed by atoms with E-state index < -0.39 is 16.7 Å². The SMILES string of the molecule is CCOC(=O)/N=[SH](=O)/c1ccc(Nc2ncc(-c3ccccc3)c(N[C@H](C)CO)n2)cc1. The molecule has 3 aromatic rings. The van der Waals surface area contributed by atoms with Gasteiger partial charge in [-0.15, -0.1) is 4.36 Å². The van der Waals surface area contributed by atoms with Crippen molar-refractivity contribution in [3.05, 3.63) is 60.8 Å². The third kappa shape index (κ3) is 6.25. The number of hydrogen-bond acceptors (Lipinski definition) is 8. The zero-order valence-electron chi connectivity index (χ0n) is 17.7. The molecule has 1 amide bonds. The monoisotopic (exact) mass is 455 g/mol. The summed E-state index contributed by atoms with van der Waals surface area (Å²) in [4.78, 5) is 20.7. The molecule has 168 valence electrons. The van der Waals surface area contributed by atoms with Gasteiger partial charge in [0.1, 0.15) is 5.82 Å². The van der Waals surface area contributed by atoms with Crippen LogP contribution in [0.15, 0.2) is 70.1 Å². The van der Waals surface area contributed by atoms with E-state index in [4.69, 9.17) is 0 Å². The molecule has 0 aliphatic heterocycles. The number of hydrogen-bond donors (Lipinski definition) is 4. The predicted molar refractivity (Wildman–Crippen MR) is 125 cm³/mol. The largest absolute Gasteiger partial charge is 0.448 e. The number of benzene rings is 2. The van der Waals surface area contributed by atoms with Gasteiger partial charge in [0.05, 0.1) is 23.8 Å². The summed E-state index contributed by atoms with van der Waals surface area (Å²) in [6.07, 6.45) is 0.862. The molecule has 0 aliphatic carbocycles. The number of rotatable bonds is 8. The number of anilines is 3. The van der Waals surface area contributed by atoms with Crippen molar-refractivity contribution in [3.8, 4) is 11.1 Å². The van der Waals surface area contributed by atoms with Crippen LogP contribution in [0.25, 0.3) is 11.1 Å². The summed E-state index contributed by atoms with van der Waals surface area (Å²) in [5, 5.41) is 15.7. The van der Waals surface area contributed by atoms with E-state index in [1.54, 1.807) is 37.4 Å². The molecule has 3 rings (SSSR count). The number of aliphatic hydroxyl groups is 1. The lowest BCUT2D eigenvalue weighted by molar-refractivity contribution is 0.164. The van der Waals surface area contributed by atoms with Crippen molar-refractivity contribution < 1.29 is 18.8 Å². The van der Waals surface area contributed by atoms with Crippen LogP contribution in [-0.2, 0) is 15.3 Å². The molecule has 0 radical (unpaired) electrons. The third-order valence-corrected chi connectivity index (χ3v) is 5.40. The number of ether oxygens (including phenoxy) is 1. The summed E-state index contributed by atoms with van der Waals surface area (Å²) < 4.78 is 20.4. The standard InChI is InChI=1S/C22H25N5O4S/c1-3-31-22(29)27-32(30)18-11-9-17(10-12-18)25-21-23-13-19(16-7-5-4-6-8-16)20(26-21)24-15(2)14-28/h4-13,15,28,32H,3,14H2,1-2H3,(H2,23,24,25,26)/t15-/m1/s1. The van der Waals surface area contributed by atoms with Gasteiger partial charge in [0.25, 0.3) is 0 Å². The molecule has 9 nitrogen and oxygen atoms in total. The predicted octanol–water partition coefficient (Wildman–Crippen LogP) is 3.86. The minimum Gasteiger partial charge on any atom is -0.448 e. The molecule has 10 heteroatoms. The van der Waals surface area contributed by atoms with Crippen LogP contribution in [-0.4, -0.2) is 44.6 Å². The van der Waals surface area contributed by atoms with Crippen molar-refractivity contribution in [2.24, 2.45) is 4.36 Å². The smallest absolute Gasteiger partial charge is 0.441 e. The number of aromatic nitrogens is 2. The Morgan fingerprint density at radius 1 is 1.19 bits per heavy atom. The lowest BCUT2D eigenvalue weighted by atomic mass is 10.1. The highest BCUT2D eigenvalue weighted by molar-refractivity contribution is 7.75. The minimum absolute atomic E-state index is 0.0442. The first-order valence-corrected chi connectivity index (χ1v) is 11.2. The van der Waals surface area contributed by atoms with Gasteiger partial charge in [-0.3, -0.25) is 0 Å². The van der Waals surface area contributed by atoms with E-state index in [-0.39, 0.29) is 19.3 Å². The fraction of sp³-hybridized carbons (Fsp3) is 0.227. The summed E-state index contributed by atoms with van der Waals surface area (Å²) in [6.45, 7) is 3.63. The molecular weight excluding hydrogens is 430 g/mol. The maximum atomic E-state index is 12.2. The van der Waals surface area contributed by atoms with Gasteiger partial charge in [0, 0.05) is 28.4 Å². The van der Waals surface area contributed by atoms with Crippen LogP contribution in [0.1, 0.15) is 13.8 Å². The quantitative estimate of drug-likeness (QED) is 0.377. The summed E-state index contributed by atoms with van der Waals surface area (Å²) in [5.41, 5.74) is 2.43. The number of aliphatic hydroxyl groups excluding tert-OH is 1. The Hall–Kier alpha value is -3.50. The molecule has 32 heavy (non-hydrogen) atoms. The summed E-state index contributed by atoms with van der Waals surface area (Å²) in [6, 6.07) is 16.1. The zero-order chi connectivity index (χ0) is 22.9. The molecule has 3 N–H and O–H groups in total. The summed E-state index contributed by atoms with van der Waals surface area (Å²) >= 11 is 0. The van der Waals surface area contributed by atoms with Crippen molar-refractivity contribution in [1.82, 2.24) is 9.97 Å². The van der Waals surface area contributed by atoms with E-state index in [2.05, 4.69) is 29.7 Å². The Balaban J connectivity index is 1.82. The van der Waals surface area contributed by atoms with Crippen molar-refractivity contribution in [2.45, 2.75) is 24.8 Å². The Labute approximate surface area is 188 Å². The van der Waals surface area contributed by atoms with Crippen molar-refractivity contribution >= 4 is 34.1 Å². The molecular formula is C22H25N5O4S. The lowest BCUT2D eigenvalue weighted by Gasteiger charge is -2.16. The van der Waals surface area contributed by atoms with Gasteiger partial charge in [-0.25, -0.2) is 14.0 Å². The molecule has 1 unspecified atom stereocenters. The lowest BCUT2D eigenvalue weighted by Crippen LogP contribution is -2.21. The number of amides is 1. The Bertz CT molecular complexity index is 1130. The van der Waals surface area contributed by atoms with Gasteiger partial charge in [-0.2, -0.15) is 4.98 Å². The third-order valence-electron chi connectivity index (χ3n) is 4.32. The van der Waals surface area contributed by atoms with Crippen LogP contribution in [0.3, 0.4) is 0 Å². The first kappa shape index (κ1) is 23.2. The number of nitrogens with zero attached hydrogens (tertiary/aromatic N) is 3. The normalized spacial score (nSPS) is 12.7. The van der Waals surface area contributed by atoms with Crippen molar-refractivity contribution in [3.63, 3.8) is 0 Å². The molecule has 0 aliphatic rings. The maximum Gasteiger partial charge on any atom is 0.441 e. The van der Waals surface area contributed by atoms with Gasteiger partial charge in [0.15, 0.2) is 0 Å². The number of carbonyl (C=O) groups is 1. The fourth-order valence-electron chi connectivity index (χ4n) is 2.75. The van der Waals surface area contributed by atoms with Crippen LogP contribution in [0.4, 0.5) is 22.2 Å². The Kier molecular flexibility index (Phi) is 8.12. The molecule has 0 saturated heterocycles. The van der Waals surface area contributed by atoms with Crippen LogP contribution >= 0.6 is 0 Å². The Morgan fingerprint density at radius 3 is 2.56 bits per heavy atom. The second-order valence-corrected chi connectivity index (χ2v) is 8.06. The van der Waals surface area contributed by atoms with E-state index in [1.165, 1.54) is 0 Å². The fourth-order valence-corrected chi connectivity index (χ4v) is 3.47. The van der Waals surface area contributed by atoms with E-state index in [0.29, 0.717) is 22.3 Å². The number of carbonyl (C=O) groups excluding carboxylic acids is 1. The highest BCUT2D eigenvalue weighted by atomic mass is 32.2. The molecule has 0 bridgehead atoms. The average Bonchev–Trinajstić information content (AvgIpc) is 2.80. The molecule has 2 aromatic carbocycles. The number of nitrogens with one attached hydrogen (secondary N) is 2. The van der Waals surface area contributed by atoms with E-state index >= 15 is 0 Å². The summed E-state index contributed by atoms with van der Waals surface area (Å²) in [5.74, 6) is 0.939. The molecule has 1 heterocycles. The van der Waals surface area contributed by atoms with Gasteiger partial charge >= 0.3 is 6.09 Å². The molecule has 0 fully saturated rings. The van der Waals surface area contributed by atoms with E-state index in [1.807, 2.05) is 37.3 Å². The van der Waals surface area contributed by atoms with Gasteiger partial charge in [-0.05, 0) is 43.7 Å². The van der Waals surface area contributed by atoms with Gasteiger partial charge in [0.2, 0.25) is 5.95 Å². The van der Waals surface area contributed by atoms with Crippen LogP contribution < -0.4 is 10.6 Å². The van der Waals surface area contributed by atoms with Crippen molar-refractivity contribution in [2.75, 3.05) is 23.8 Å². The second-order valence-electron chi connectivity index (χ2n) is 6.79. The highest BCUT2D eigenvalue weighted by Gasteiger charge is 2.12.